The normalized spacial score (nSPS) is 22.3. The Kier molecular flexibility index (Phi) is 2.88. The van der Waals surface area contributed by atoms with E-state index in [2.05, 4.69) is 10.3 Å². The number of nitrogens with one attached hydrogen (secondary N) is 1. The van der Waals surface area contributed by atoms with Gasteiger partial charge in [-0.2, -0.15) is 0 Å². The van der Waals surface area contributed by atoms with Gasteiger partial charge in [-0.15, -0.1) is 0 Å². The Bertz CT molecular complexity index is 236. The molecule has 1 heterocycles. The topological polar surface area (TPSA) is 41.5 Å². The fourth-order valence-electron chi connectivity index (χ4n) is 1.54. The lowest BCUT2D eigenvalue weighted by Crippen LogP contribution is -2.30. The van der Waals surface area contributed by atoms with Crippen LogP contribution in [0, 0.1) is 5.92 Å². The van der Waals surface area contributed by atoms with Crippen LogP contribution in [0.2, 0.25) is 0 Å². The third-order valence-electron chi connectivity index (χ3n) is 2.53. The van der Waals surface area contributed by atoms with E-state index in [0.717, 1.165) is 17.5 Å². The van der Waals surface area contributed by atoms with Gasteiger partial charge >= 0.3 is 0 Å². The molecule has 3 nitrogen and oxygen atoms in total. The van der Waals surface area contributed by atoms with Crippen molar-refractivity contribution < 1.29 is 4.79 Å². The molecule has 0 unspecified atom stereocenters. The molecule has 0 spiro atoms. The highest BCUT2D eigenvalue weighted by molar-refractivity contribution is 8.14. The lowest BCUT2D eigenvalue weighted by Gasteiger charge is -2.24. The maximum Gasteiger partial charge on any atom is 0.226 e. The van der Waals surface area contributed by atoms with Crippen molar-refractivity contribution in [3.8, 4) is 0 Å². The maximum atomic E-state index is 11.4. The van der Waals surface area contributed by atoms with E-state index < -0.39 is 0 Å². The van der Waals surface area contributed by atoms with Gasteiger partial charge in [0.05, 0.1) is 6.54 Å². The molecular formula is C9H14N2OS. The highest BCUT2D eigenvalue weighted by atomic mass is 32.2. The second-order valence-electron chi connectivity index (χ2n) is 3.58. The van der Waals surface area contributed by atoms with Crippen LogP contribution in [-0.2, 0) is 4.79 Å². The number of amides is 1. The predicted octanol–water partition coefficient (Wildman–Crippen LogP) is 1.40. The summed E-state index contributed by atoms with van der Waals surface area (Å²) in [6, 6.07) is 0. The molecule has 0 aromatic rings. The Balaban J connectivity index is 1.71. The number of thioether (sulfide) groups is 1. The average Bonchev–Trinajstić information content (AvgIpc) is 2.49. The lowest BCUT2D eigenvalue weighted by atomic mass is 9.83. The van der Waals surface area contributed by atoms with Crippen LogP contribution in [0.1, 0.15) is 25.7 Å². The first kappa shape index (κ1) is 9.06. The Hall–Kier alpha value is -0.510. The first-order chi connectivity index (χ1) is 6.34. The van der Waals surface area contributed by atoms with E-state index in [0.29, 0.717) is 12.3 Å². The number of amidine groups is 1. The average molecular weight is 198 g/mol. The van der Waals surface area contributed by atoms with Crippen LogP contribution in [0.15, 0.2) is 4.99 Å². The van der Waals surface area contributed by atoms with Crippen LogP contribution in [0.3, 0.4) is 0 Å². The van der Waals surface area contributed by atoms with Gasteiger partial charge in [0.15, 0.2) is 5.17 Å². The van der Waals surface area contributed by atoms with Crippen molar-refractivity contribution in [2.75, 3.05) is 12.3 Å². The van der Waals surface area contributed by atoms with Crippen LogP contribution < -0.4 is 5.32 Å². The molecule has 4 heteroatoms. The van der Waals surface area contributed by atoms with Crippen molar-refractivity contribution in [2.24, 2.45) is 10.9 Å². The summed E-state index contributed by atoms with van der Waals surface area (Å²) in [7, 11) is 0. The van der Waals surface area contributed by atoms with Crippen molar-refractivity contribution in [2.45, 2.75) is 25.7 Å². The van der Waals surface area contributed by atoms with Crippen LogP contribution in [0.4, 0.5) is 0 Å². The van der Waals surface area contributed by atoms with Crippen LogP contribution in [0.25, 0.3) is 0 Å². The van der Waals surface area contributed by atoms with Crippen molar-refractivity contribution in [1.82, 2.24) is 5.32 Å². The minimum absolute atomic E-state index is 0.151. The first-order valence-electron chi connectivity index (χ1n) is 4.82. The highest BCUT2D eigenvalue weighted by Crippen LogP contribution is 2.29. The molecule has 0 saturated heterocycles. The Morgan fingerprint density at radius 3 is 3.00 bits per heavy atom. The van der Waals surface area contributed by atoms with E-state index in [4.69, 9.17) is 0 Å². The third kappa shape index (κ3) is 2.46. The largest absolute Gasteiger partial charge is 0.305 e. The van der Waals surface area contributed by atoms with Gasteiger partial charge in [0, 0.05) is 12.2 Å². The molecule has 1 saturated carbocycles. The number of hydrogen-bond acceptors (Lipinski definition) is 3. The minimum atomic E-state index is 0.151. The number of nitrogens with zero attached hydrogens (tertiary/aromatic N) is 1. The van der Waals surface area contributed by atoms with E-state index in [1.165, 1.54) is 19.3 Å². The summed E-state index contributed by atoms with van der Waals surface area (Å²) in [5, 5.41) is 3.68. The van der Waals surface area contributed by atoms with E-state index in [1.54, 1.807) is 11.8 Å². The SMILES string of the molecule is O=C(CC1CCC1)NC1=NCCS1. The number of carbonyl (C=O) groups is 1. The second kappa shape index (κ2) is 4.13. The van der Waals surface area contributed by atoms with Crippen molar-refractivity contribution in [3.63, 3.8) is 0 Å². The second-order valence-corrected chi connectivity index (χ2v) is 4.67. The molecule has 2 aliphatic rings. The fourth-order valence-corrected chi connectivity index (χ4v) is 2.28. The number of aliphatic imine (C=N–C) groups is 1. The molecule has 1 amide bonds. The Morgan fingerprint density at radius 2 is 2.46 bits per heavy atom. The molecule has 0 atom stereocenters. The predicted molar refractivity (Wildman–Crippen MR) is 54.9 cm³/mol. The molecule has 72 valence electrons. The summed E-state index contributed by atoms with van der Waals surface area (Å²) >= 11 is 1.64. The molecule has 13 heavy (non-hydrogen) atoms. The molecule has 1 N–H and O–H groups in total. The molecule has 0 aromatic heterocycles. The molecule has 2 rings (SSSR count). The summed E-state index contributed by atoms with van der Waals surface area (Å²) in [5.74, 6) is 1.81. The van der Waals surface area contributed by atoms with Gasteiger partial charge in [-0.25, -0.2) is 0 Å². The first-order valence-corrected chi connectivity index (χ1v) is 5.80. The summed E-state index contributed by atoms with van der Waals surface area (Å²) < 4.78 is 0. The zero-order chi connectivity index (χ0) is 9.10. The quantitative estimate of drug-likeness (QED) is 0.728. The molecule has 0 aromatic carbocycles. The van der Waals surface area contributed by atoms with Crippen molar-refractivity contribution >= 4 is 22.8 Å². The standard InChI is InChI=1S/C9H14N2OS/c12-8(6-7-2-1-3-7)11-9-10-4-5-13-9/h7H,1-6H2,(H,10,11,12). The van der Waals surface area contributed by atoms with Gasteiger partial charge in [-0.3, -0.25) is 9.79 Å². The van der Waals surface area contributed by atoms with E-state index >= 15 is 0 Å². The van der Waals surface area contributed by atoms with Crippen LogP contribution in [-0.4, -0.2) is 23.4 Å². The Morgan fingerprint density at radius 1 is 1.62 bits per heavy atom. The number of rotatable bonds is 2. The highest BCUT2D eigenvalue weighted by Gasteiger charge is 2.21. The minimum Gasteiger partial charge on any atom is -0.305 e. The third-order valence-corrected chi connectivity index (χ3v) is 3.42. The summed E-state index contributed by atoms with van der Waals surface area (Å²) in [6.07, 6.45) is 4.45. The maximum absolute atomic E-state index is 11.4. The number of carbonyl (C=O) groups excluding carboxylic acids is 1. The molecular weight excluding hydrogens is 184 g/mol. The summed E-state index contributed by atoms with van der Waals surface area (Å²) in [6.45, 7) is 0.851. The smallest absolute Gasteiger partial charge is 0.226 e. The van der Waals surface area contributed by atoms with Gasteiger partial charge in [0.2, 0.25) is 5.91 Å². The van der Waals surface area contributed by atoms with E-state index in [-0.39, 0.29) is 5.91 Å². The summed E-state index contributed by atoms with van der Waals surface area (Å²) in [5.41, 5.74) is 0. The fraction of sp³-hybridized carbons (Fsp3) is 0.778. The van der Waals surface area contributed by atoms with Gasteiger partial charge in [0.1, 0.15) is 0 Å². The van der Waals surface area contributed by atoms with E-state index in [9.17, 15) is 4.79 Å². The molecule has 1 fully saturated rings. The van der Waals surface area contributed by atoms with Crippen LogP contribution >= 0.6 is 11.8 Å². The molecule has 0 radical (unpaired) electrons. The van der Waals surface area contributed by atoms with Crippen LogP contribution in [0.5, 0.6) is 0 Å². The monoisotopic (exact) mass is 198 g/mol. The summed E-state index contributed by atoms with van der Waals surface area (Å²) in [4.78, 5) is 15.6. The molecule has 1 aliphatic carbocycles. The number of hydrogen-bond donors (Lipinski definition) is 1. The van der Waals surface area contributed by atoms with Gasteiger partial charge < -0.3 is 5.32 Å². The van der Waals surface area contributed by atoms with Gasteiger partial charge in [0.25, 0.3) is 0 Å². The lowest BCUT2D eigenvalue weighted by molar-refractivity contribution is -0.121. The molecule has 1 aliphatic heterocycles. The van der Waals surface area contributed by atoms with Gasteiger partial charge in [-0.1, -0.05) is 18.2 Å². The van der Waals surface area contributed by atoms with Gasteiger partial charge in [-0.05, 0) is 18.8 Å². The van der Waals surface area contributed by atoms with Crippen molar-refractivity contribution in [3.05, 3.63) is 0 Å². The zero-order valence-electron chi connectivity index (χ0n) is 7.58. The van der Waals surface area contributed by atoms with E-state index in [1.807, 2.05) is 0 Å². The van der Waals surface area contributed by atoms with Crippen molar-refractivity contribution in [1.29, 1.82) is 0 Å². The zero-order valence-corrected chi connectivity index (χ0v) is 8.40. The Labute approximate surface area is 82.4 Å². The molecule has 0 bridgehead atoms.